The van der Waals surface area contributed by atoms with E-state index in [-0.39, 0.29) is 232 Å². The van der Waals surface area contributed by atoms with Crippen LogP contribution in [0.15, 0.2) is 72.8 Å². The molecule has 129 heavy (non-hydrogen) atoms. The van der Waals surface area contributed by atoms with E-state index in [9.17, 15) is 74.7 Å². The van der Waals surface area contributed by atoms with Crippen molar-refractivity contribution in [3.63, 3.8) is 0 Å². The molecule has 15 N–H and O–H groups in total. The lowest BCUT2D eigenvalue weighted by molar-refractivity contribution is -0.207. The van der Waals surface area contributed by atoms with Gasteiger partial charge in [-0.3, -0.25) is 28.8 Å². The van der Waals surface area contributed by atoms with Crippen LogP contribution >= 0.6 is 0 Å². The quantitative estimate of drug-likeness (QED) is 0.0264. The lowest BCUT2D eigenvalue weighted by Crippen LogP contribution is -2.62. The van der Waals surface area contributed by atoms with Gasteiger partial charge in [0.25, 0.3) is 17.7 Å². The maximum absolute atomic E-state index is 14.5. The Hall–Kier alpha value is -6.66. The van der Waals surface area contributed by atoms with Crippen molar-refractivity contribution in [3.05, 3.63) is 123 Å². The number of rotatable bonds is 27. The second-order valence-electron chi connectivity index (χ2n) is 45.5. The first-order valence-corrected chi connectivity index (χ1v) is 50.7. The molecule has 0 spiro atoms. The van der Waals surface area contributed by atoms with Gasteiger partial charge in [-0.2, -0.15) is 0 Å². The molecule has 12 fully saturated rings. The van der Waals surface area contributed by atoms with E-state index in [0.717, 1.165) is 130 Å². The first-order valence-electron chi connectivity index (χ1n) is 50.7. The van der Waals surface area contributed by atoms with Gasteiger partial charge in [0, 0.05) is 72.6 Å². The number of fused-ring (bicyclic) bond motifs is 15. The highest BCUT2D eigenvalue weighted by Gasteiger charge is 2.70. The summed E-state index contributed by atoms with van der Waals surface area (Å²) in [5, 5.41) is 123. The van der Waals surface area contributed by atoms with Crippen LogP contribution in [0.25, 0.3) is 0 Å². The molecule has 0 heterocycles. The molecule has 0 aliphatic heterocycles. The van der Waals surface area contributed by atoms with E-state index in [1.807, 2.05) is 0 Å². The lowest BCUT2D eigenvalue weighted by Gasteiger charge is -2.63. The van der Waals surface area contributed by atoms with Gasteiger partial charge in [-0.15, -0.1) is 0 Å². The van der Waals surface area contributed by atoms with Crippen molar-refractivity contribution >= 4 is 52.5 Å². The monoisotopic (exact) mass is 1780 g/mol. The second kappa shape index (κ2) is 37.9. The fourth-order valence-corrected chi connectivity index (χ4v) is 32.7. The highest BCUT2D eigenvalue weighted by molar-refractivity contribution is 5.98. The molecule has 12 saturated carbocycles. The Labute approximate surface area is 767 Å². The van der Waals surface area contributed by atoms with Crippen LogP contribution in [0.2, 0.25) is 0 Å². The number of hydrogen-bond donors (Lipinski definition) is 15. The van der Waals surface area contributed by atoms with E-state index >= 15 is 0 Å². The van der Waals surface area contributed by atoms with Gasteiger partial charge in [-0.05, 0) is 419 Å². The highest BCUT2D eigenvalue weighted by atomic mass is 16.3. The van der Waals surface area contributed by atoms with Crippen LogP contribution < -0.4 is 31.9 Å². The summed E-state index contributed by atoms with van der Waals surface area (Å²) in [7, 11) is 0. The molecular weight excluding hydrogens is 1620 g/mol. The van der Waals surface area contributed by atoms with Crippen molar-refractivity contribution in [2.24, 2.45) is 139 Å². The standard InChI is InChI=1S/C108H156N6O15/c1-13-73-76(55-109-100(127)61-19-25-67(26-20-61)112-94(124)37-16-58(4)79-31-34-82-97-85(52-91(121)106(79,82)10)103(7)43-40-70(115)46-64(103)49-88(97)118)74(14-2)78(57-111-102(129)63-23-29-69(30-24-63)114-96(126)39-18-60(6)81-33-36-84-99-87(54-93(123)108(81,84)12)105(9)45-42-72(117)48-66(105)51-90(99)120)75(15-3)77(73)56-110-101(128)62-21-27-68(28-22-62)113-95(125)38-17-59(5)80-32-35-83-98-86(53-92(122)107(80,83)11)104(8)44-41-71(116)47-65(104)50-89(98)119/h19-30,58-60,64-66,70-72,79-93,97-99,115-123H,13-18,31-57H2,1-12H3,(H,109,127)(H,110,128)(H,111,129)(H,112,124)(H,113,125)(H,114,126)/t58-,59-,60-,64+,65+,66+,70-,71-,72-,79-,80-,81-,82+,83+,84+,85+,86+,87+,88-,89-,90-,91+,92+,93+,97+,98+,99+,103+,104+,105+,106-,107-,108-/m1/s1. The van der Waals surface area contributed by atoms with Crippen LogP contribution in [0.5, 0.6) is 0 Å². The summed E-state index contributed by atoms with van der Waals surface area (Å²) in [5.74, 6) is 1.85. The predicted molar refractivity (Wildman–Crippen MR) is 501 cm³/mol. The largest absolute Gasteiger partial charge is 0.393 e. The Bertz CT molecular complexity index is 4240. The van der Waals surface area contributed by atoms with E-state index in [0.29, 0.717) is 111 Å². The summed E-state index contributed by atoms with van der Waals surface area (Å²) < 4.78 is 0. The van der Waals surface area contributed by atoms with Crippen LogP contribution in [0.3, 0.4) is 0 Å². The molecular formula is C108H156N6O15. The molecule has 16 rings (SSSR count). The second-order valence-corrected chi connectivity index (χ2v) is 45.5. The average Bonchev–Trinajstić information content (AvgIpc) is 1.65. The minimum absolute atomic E-state index is 0.0139. The molecule has 4 aromatic rings. The third-order valence-corrected chi connectivity index (χ3v) is 39.9. The van der Waals surface area contributed by atoms with Gasteiger partial charge in [0.05, 0.1) is 54.9 Å². The Morgan fingerprint density at radius 2 is 0.574 bits per heavy atom. The fraction of sp³-hybridized carbons (Fsp3) is 0.722. The Morgan fingerprint density at radius 1 is 0.326 bits per heavy atom. The van der Waals surface area contributed by atoms with Gasteiger partial charge in [0.1, 0.15) is 0 Å². The molecule has 0 saturated heterocycles. The van der Waals surface area contributed by atoms with Crippen molar-refractivity contribution in [2.75, 3.05) is 16.0 Å². The number of aliphatic hydroxyl groups excluding tert-OH is 9. The minimum atomic E-state index is -0.516. The Morgan fingerprint density at radius 3 is 0.814 bits per heavy atom. The smallest absolute Gasteiger partial charge is 0.251 e. The molecule has 33 atom stereocenters. The zero-order chi connectivity index (χ0) is 92.0. The van der Waals surface area contributed by atoms with Gasteiger partial charge in [-0.1, -0.05) is 83.1 Å². The molecule has 0 aromatic heterocycles. The molecule has 21 nitrogen and oxygen atoms in total. The predicted octanol–water partition coefficient (Wildman–Crippen LogP) is 16.1. The number of benzene rings is 4. The van der Waals surface area contributed by atoms with Crippen molar-refractivity contribution < 1.29 is 74.7 Å². The summed E-state index contributed by atoms with van der Waals surface area (Å²) in [4.78, 5) is 84.9. The van der Waals surface area contributed by atoms with E-state index in [2.05, 4.69) is 115 Å². The third-order valence-electron chi connectivity index (χ3n) is 39.9. The van der Waals surface area contributed by atoms with Gasteiger partial charge < -0.3 is 77.9 Å². The summed E-state index contributed by atoms with van der Waals surface area (Å²) in [6.07, 6.45) is 17.4. The van der Waals surface area contributed by atoms with Crippen LogP contribution in [-0.4, -0.2) is 136 Å². The van der Waals surface area contributed by atoms with Crippen molar-refractivity contribution in [1.29, 1.82) is 0 Å². The topological polar surface area (TPSA) is 357 Å². The number of aliphatic hydroxyl groups is 9. The molecule has 0 radical (unpaired) electrons. The van der Waals surface area contributed by atoms with Crippen LogP contribution in [-0.2, 0) is 53.3 Å². The first kappa shape index (κ1) is 95.5. The zero-order valence-corrected chi connectivity index (χ0v) is 79.3. The number of carbonyl (C=O) groups is 6. The summed E-state index contributed by atoms with van der Waals surface area (Å²) in [5.41, 5.74) is 7.20. The Balaban J connectivity index is 0.560. The van der Waals surface area contributed by atoms with Crippen molar-refractivity contribution in [2.45, 2.75) is 350 Å². The summed E-state index contributed by atoms with van der Waals surface area (Å²) in [6.45, 7) is 27.0. The van der Waals surface area contributed by atoms with Crippen molar-refractivity contribution in [3.8, 4) is 0 Å². The first-order chi connectivity index (χ1) is 61.4. The SMILES string of the molecule is CCc1c(CNC(=O)c2ccc(NC(=O)CC[C@@H](C)[C@H]3CC[C@H]4[C@@H]5[C@H](O)C[C@@H]6C[C@H](O)CC[C@]6(C)[C@H]5C[C@H](O)[C@]34C)cc2)c(CC)c(CNC(=O)c2ccc(NC(=O)CC[C@@H](C)[C@H]3CC[C@H]4[C@@H]5[C@H](O)C[C@@H]6C[C@H](O)CC[C@]6(C)[C@H]5C[C@H](O)[C@]34C)cc2)c(CC)c1CNC(=O)c1ccc(NC(=O)CC[C@@H](C)[C@H]2CC[C@H]3[C@@H]4[C@H](O)C[C@@H]5C[C@H](O)CC[C@]5(C)[C@H]4C[C@H](O)[C@]23C)cc1. The van der Waals surface area contributed by atoms with Crippen LogP contribution in [0.4, 0.5) is 17.1 Å². The minimum Gasteiger partial charge on any atom is -0.393 e. The van der Waals surface area contributed by atoms with E-state index in [1.54, 1.807) is 72.8 Å². The van der Waals surface area contributed by atoms with Gasteiger partial charge >= 0.3 is 0 Å². The zero-order valence-electron chi connectivity index (χ0n) is 79.3. The molecule has 0 bridgehead atoms. The molecule has 12 aliphatic carbocycles. The van der Waals surface area contributed by atoms with Gasteiger partial charge in [-0.25, -0.2) is 0 Å². The van der Waals surface area contributed by atoms with E-state index in [1.165, 1.54) is 0 Å². The van der Waals surface area contributed by atoms with Crippen LogP contribution in [0.1, 0.15) is 321 Å². The third kappa shape index (κ3) is 17.5. The molecule has 708 valence electrons. The fourth-order valence-electron chi connectivity index (χ4n) is 32.7. The number of anilines is 3. The highest BCUT2D eigenvalue weighted by Crippen LogP contribution is 2.73. The number of amides is 6. The molecule has 12 aliphatic rings. The van der Waals surface area contributed by atoms with Crippen LogP contribution in [0, 0.1) is 139 Å². The van der Waals surface area contributed by atoms with E-state index in [4.69, 9.17) is 0 Å². The average molecular weight is 1780 g/mol. The van der Waals surface area contributed by atoms with Gasteiger partial charge in [0.2, 0.25) is 17.7 Å². The molecule has 4 aromatic carbocycles. The summed E-state index contributed by atoms with van der Waals surface area (Å²) in [6, 6.07) is 20.6. The summed E-state index contributed by atoms with van der Waals surface area (Å²) >= 11 is 0. The van der Waals surface area contributed by atoms with Gasteiger partial charge in [0.15, 0.2) is 0 Å². The molecule has 6 amide bonds. The Kier molecular flexibility index (Phi) is 28.1. The van der Waals surface area contributed by atoms with Crippen molar-refractivity contribution in [1.82, 2.24) is 16.0 Å². The molecule has 0 unspecified atom stereocenters. The lowest BCUT2D eigenvalue weighted by atomic mass is 9.43. The number of carbonyl (C=O) groups excluding carboxylic acids is 6. The maximum atomic E-state index is 14.5. The number of hydrogen-bond acceptors (Lipinski definition) is 15. The molecule has 21 heteroatoms. The normalized spacial score (nSPS) is 39.5. The maximum Gasteiger partial charge on any atom is 0.251 e. The van der Waals surface area contributed by atoms with E-state index < -0.39 is 36.6 Å². The number of nitrogens with one attached hydrogen (secondary N) is 6.